The number of phenols is 2. The molecule has 0 spiro atoms. The smallest absolute Gasteiger partial charge is 0.137 e. The zero-order chi connectivity index (χ0) is 9.14. The largest absolute Gasteiger partial charge is 0.507 e. The van der Waals surface area contributed by atoms with E-state index in [4.69, 9.17) is 9.84 Å². The van der Waals surface area contributed by atoms with Gasteiger partial charge in [-0.2, -0.15) is 0 Å². The van der Waals surface area contributed by atoms with Crippen molar-refractivity contribution in [2.24, 2.45) is 0 Å². The molecular weight excluding hydrogens is 156 g/mol. The van der Waals surface area contributed by atoms with Crippen LogP contribution in [0.4, 0.5) is 0 Å². The molecule has 0 aliphatic carbocycles. The van der Waals surface area contributed by atoms with Crippen LogP contribution in [0.3, 0.4) is 0 Å². The maximum Gasteiger partial charge on any atom is 0.137 e. The fraction of sp³-hybridized carbons (Fsp3) is 0.333. The van der Waals surface area contributed by atoms with Crippen LogP contribution >= 0.6 is 0 Å². The molecule has 3 heteroatoms. The van der Waals surface area contributed by atoms with Crippen LogP contribution in [0.5, 0.6) is 17.2 Å². The summed E-state index contributed by atoms with van der Waals surface area (Å²) in [5.41, 5.74) is 0.592. The summed E-state index contributed by atoms with van der Waals surface area (Å²) in [5, 5.41) is 18.3. The maximum absolute atomic E-state index is 9.25. The van der Waals surface area contributed by atoms with E-state index < -0.39 is 0 Å². The summed E-state index contributed by atoms with van der Waals surface area (Å²) in [6.07, 6.45) is 0. The second-order valence-corrected chi connectivity index (χ2v) is 2.43. The number of hydrogen-bond acceptors (Lipinski definition) is 3. The van der Waals surface area contributed by atoms with Gasteiger partial charge in [0.2, 0.25) is 0 Å². The number of hydrogen-bond donors (Lipinski definition) is 2. The Morgan fingerprint density at radius 2 is 2.17 bits per heavy atom. The zero-order valence-corrected chi connectivity index (χ0v) is 7.09. The predicted octanol–water partition coefficient (Wildman–Crippen LogP) is 1.61. The molecule has 0 heterocycles. The van der Waals surface area contributed by atoms with Crippen LogP contribution in [-0.4, -0.2) is 16.8 Å². The van der Waals surface area contributed by atoms with Crippen LogP contribution in [-0.2, 0) is 0 Å². The van der Waals surface area contributed by atoms with Crippen LogP contribution in [0.2, 0.25) is 0 Å². The first kappa shape index (κ1) is 8.71. The van der Waals surface area contributed by atoms with Gasteiger partial charge >= 0.3 is 0 Å². The molecule has 65 valence electrons. The lowest BCUT2D eigenvalue weighted by molar-refractivity contribution is 0.330. The minimum absolute atomic E-state index is 0.0229. The number of rotatable bonds is 2. The van der Waals surface area contributed by atoms with Crippen molar-refractivity contribution in [1.29, 1.82) is 0 Å². The summed E-state index contributed by atoms with van der Waals surface area (Å²) in [5.74, 6) is 0.311. The molecule has 0 bridgehead atoms. The first-order valence-electron chi connectivity index (χ1n) is 3.72. The van der Waals surface area contributed by atoms with Crippen LogP contribution in [0, 0.1) is 13.0 Å². The highest BCUT2D eigenvalue weighted by atomic mass is 16.5. The average Bonchev–Trinajstić information content (AvgIpc) is 2.00. The quantitative estimate of drug-likeness (QED) is 0.703. The third kappa shape index (κ3) is 1.61. The first-order chi connectivity index (χ1) is 5.65. The summed E-state index contributed by atoms with van der Waals surface area (Å²) < 4.78 is 5.12. The van der Waals surface area contributed by atoms with Gasteiger partial charge in [-0.3, -0.25) is 0 Å². The van der Waals surface area contributed by atoms with E-state index in [-0.39, 0.29) is 11.5 Å². The van der Waals surface area contributed by atoms with Gasteiger partial charge in [0.05, 0.1) is 12.7 Å². The van der Waals surface area contributed by atoms with Gasteiger partial charge in [-0.05, 0) is 13.8 Å². The molecule has 12 heavy (non-hydrogen) atoms. The summed E-state index contributed by atoms with van der Waals surface area (Å²) in [4.78, 5) is 0. The molecular formula is C9H11O3. The third-order valence-electron chi connectivity index (χ3n) is 1.53. The topological polar surface area (TPSA) is 49.7 Å². The van der Waals surface area contributed by atoms with Crippen molar-refractivity contribution in [1.82, 2.24) is 0 Å². The van der Waals surface area contributed by atoms with E-state index in [1.807, 2.05) is 6.92 Å². The van der Waals surface area contributed by atoms with E-state index in [9.17, 15) is 5.11 Å². The zero-order valence-electron chi connectivity index (χ0n) is 7.09. The Balaban J connectivity index is 3.09. The van der Waals surface area contributed by atoms with Crippen molar-refractivity contribution in [3.8, 4) is 17.2 Å². The van der Waals surface area contributed by atoms with Gasteiger partial charge in [0.25, 0.3) is 0 Å². The van der Waals surface area contributed by atoms with Gasteiger partial charge in [0.1, 0.15) is 17.2 Å². The number of ether oxygens (including phenoxy) is 1. The van der Waals surface area contributed by atoms with Crippen LogP contribution in [0.25, 0.3) is 0 Å². The van der Waals surface area contributed by atoms with Crippen LogP contribution in [0.1, 0.15) is 12.5 Å². The molecule has 0 saturated heterocycles. The fourth-order valence-corrected chi connectivity index (χ4v) is 0.889. The summed E-state index contributed by atoms with van der Waals surface area (Å²) in [6.45, 7) is 4.02. The van der Waals surface area contributed by atoms with Crippen molar-refractivity contribution >= 4 is 0 Å². The lowest BCUT2D eigenvalue weighted by Crippen LogP contribution is -1.94. The highest BCUT2D eigenvalue weighted by Gasteiger charge is 2.06. The molecule has 3 nitrogen and oxygen atoms in total. The Labute approximate surface area is 71.2 Å². The summed E-state index contributed by atoms with van der Waals surface area (Å²) >= 11 is 0. The molecule has 2 N–H and O–H groups in total. The van der Waals surface area contributed by atoms with Gasteiger partial charge in [0, 0.05) is 11.6 Å². The molecule has 1 aromatic carbocycles. The normalized spacial score (nSPS) is 9.83. The van der Waals surface area contributed by atoms with Gasteiger partial charge < -0.3 is 14.9 Å². The van der Waals surface area contributed by atoms with Crippen LogP contribution < -0.4 is 4.74 Å². The second kappa shape index (κ2) is 3.34. The first-order valence-corrected chi connectivity index (χ1v) is 3.72. The minimum Gasteiger partial charge on any atom is -0.507 e. The van der Waals surface area contributed by atoms with Crippen molar-refractivity contribution in [3.63, 3.8) is 0 Å². The summed E-state index contributed by atoms with van der Waals surface area (Å²) in [7, 11) is 0. The Morgan fingerprint density at radius 1 is 1.50 bits per heavy atom. The molecule has 0 fully saturated rings. The number of phenolic OH excluding ortho intramolecular Hbond substituents is 2. The van der Waals surface area contributed by atoms with Crippen molar-refractivity contribution in [2.75, 3.05) is 6.61 Å². The molecule has 1 radical (unpaired) electrons. The number of benzene rings is 1. The van der Waals surface area contributed by atoms with Gasteiger partial charge in [-0.1, -0.05) is 0 Å². The van der Waals surface area contributed by atoms with E-state index in [0.29, 0.717) is 17.9 Å². The molecule has 1 rings (SSSR count). The van der Waals surface area contributed by atoms with Gasteiger partial charge in [-0.25, -0.2) is 0 Å². The Kier molecular flexibility index (Phi) is 2.43. The minimum atomic E-state index is -0.110. The SMILES string of the molecule is CCOc1[c]c(O)cc(O)c1C. The number of aromatic hydroxyl groups is 2. The molecule has 0 aliphatic heterocycles. The monoisotopic (exact) mass is 167 g/mol. The fourth-order valence-electron chi connectivity index (χ4n) is 0.889. The average molecular weight is 167 g/mol. The molecule has 0 aromatic heterocycles. The highest BCUT2D eigenvalue weighted by molar-refractivity contribution is 5.47. The molecule has 0 atom stereocenters. The lowest BCUT2D eigenvalue weighted by atomic mass is 10.2. The Bertz CT molecular complexity index is 281. The standard InChI is InChI=1S/C9H11O3/c1-3-12-9-5-7(10)4-8(11)6(9)2/h4,10-11H,3H2,1-2H3. The summed E-state index contributed by atoms with van der Waals surface area (Å²) in [6, 6.07) is 3.82. The van der Waals surface area contributed by atoms with Crippen molar-refractivity contribution in [3.05, 3.63) is 17.7 Å². The van der Waals surface area contributed by atoms with Gasteiger partial charge in [-0.15, -0.1) is 0 Å². The molecule has 0 unspecified atom stereocenters. The Morgan fingerprint density at radius 3 is 2.75 bits per heavy atom. The van der Waals surface area contributed by atoms with E-state index >= 15 is 0 Å². The Hall–Kier alpha value is -1.38. The molecule has 0 amide bonds. The molecule has 0 saturated carbocycles. The van der Waals surface area contributed by atoms with Gasteiger partial charge in [0.15, 0.2) is 0 Å². The van der Waals surface area contributed by atoms with E-state index in [1.54, 1.807) is 6.92 Å². The van der Waals surface area contributed by atoms with Crippen molar-refractivity contribution < 1.29 is 14.9 Å². The van der Waals surface area contributed by atoms with E-state index in [2.05, 4.69) is 6.07 Å². The van der Waals surface area contributed by atoms with Crippen LogP contribution in [0.15, 0.2) is 6.07 Å². The predicted molar refractivity (Wildman–Crippen MR) is 44.5 cm³/mol. The highest BCUT2D eigenvalue weighted by Crippen LogP contribution is 2.30. The second-order valence-electron chi connectivity index (χ2n) is 2.43. The third-order valence-corrected chi connectivity index (χ3v) is 1.53. The lowest BCUT2D eigenvalue weighted by Gasteiger charge is -2.07. The van der Waals surface area contributed by atoms with E-state index in [1.165, 1.54) is 6.07 Å². The molecule has 0 aliphatic rings. The van der Waals surface area contributed by atoms with E-state index in [0.717, 1.165) is 0 Å². The molecule has 1 aromatic rings. The van der Waals surface area contributed by atoms with Crippen molar-refractivity contribution in [2.45, 2.75) is 13.8 Å². The maximum atomic E-state index is 9.25.